The summed E-state index contributed by atoms with van der Waals surface area (Å²) in [5.41, 5.74) is 10.8. The van der Waals surface area contributed by atoms with Crippen LogP contribution in [0.4, 0.5) is 0 Å². The molecule has 1 aliphatic rings. The number of nitrogens with zero attached hydrogens (tertiary/aromatic N) is 4. The number of amides is 2. The average Bonchev–Trinajstić information content (AvgIpc) is 2.96. The van der Waals surface area contributed by atoms with Crippen LogP contribution in [0.3, 0.4) is 0 Å². The Balaban J connectivity index is 1.96. The minimum atomic E-state index is -0.625. The number of nitrogens with two attached hydrogens (primary N) is 2. The van der Waals surface area contributed by atoms with E-state index in [9.17, 15) is 9.59 Å². The maximum absolute atomic E-state index is 12.1. The zero-order valence-electron chi connectivity index (χ0n) is 10.9. The van der Waals surface area contributed by atoms with Gasteiger partial charge in [-0.05, 0) is 13.3 Å². The van der Waals surface area contributed by atoms with Gasteiger partial charge < -0.3 is 16.4 Å². The molecule has 104 valence electrons. The summed E-state index contributed by atoms with van der Waals surface area (Å²) in [6.07, 6.45) is 2.24. The number of hydrogen-bond donors (Lipinski definition) is 2. The van der Waals surface area contributed by atoms with Crippen LogP contribution < -0.4 is 11.5 Å². The molecule has 2 rings (SSSR count). The molecule has 1 aromatic heterocycles. The lowest BCUT2D eigenvalue weighted by atomic mass is 9.89. The van der Waals surface area contributed by atoms with Crippen molar-refractivity contribution in [1.82, 2.24) is 19.9 Å². The third-order valence-corrected chi connectivity index (χ3v) is 3.51. The van der Waals surface area contributed by atoms with Crippen molar-refractivity contribution < 1.29 is 9.59 Å². The summed E-state index contributed by atoms with van der Waals surface area (Å²) in [7, 11) is 0. The fourth-order valence-electron chi connectivity index (χ4n) is 2.12. The van der Waals surface area contributed by atoms with Gasteiger partial charge in [-0.3, -0.25) is 9.59 Å². The Morgan fingerprint density at radius 2 is 2.26 bits per heavy atom. The second kappa shape index (κ2) is 4.96. The summed E-state index contributed by atoms with van der Waals surface area (Å²) in [4.78, 5) is 25.0. The number of primary amides is 1. The number of likely N-dealkylation sites (tertiary alicyclic amines) is 1. The van der Waals surface area contributed by atoms with Gasteiger partial charge in [0.2, 0.25) is 11.8 Å². The molecule has 0 saturated carbocycles. The molecule has 1 aliphatic heterocycles. The Hall–Kier alpha value is -1.96. The predicted octanol–water partition coefficient (Wildman–Crippen LogP) is -1.54. The number of rotatable bonds is 4. The normalized spacial score (nSPS) is 22.7. The third-order valence-electron chi connectivity index (χ3n) is 3.51. The molecule has 2 amide bonds. The topological polar surface area (TPSA) is 120 Å². The summed E-state index contributed by atoms with van der Waals surface area (Å²) in [5, 5.41) is 7.63. The van der Waals surface area contributed by atoms with Crippen molar-refractivity contribution in [3.05, 3.63) is 11.9 Å². The summed E-state index contributed by atoms with van der Waals surface area (Å²) in [6, 6.07) is 0. The van der Waals surface area contributed by atoms with Crippen molar-refractivity contribution in [3.8, 4) is 0 Å². The Bertz CT molecular complexity index is 499. The fraction of sp³-hybridized carbons (Fsp3) is 0.636. The first-order valence-corrected chi connectivity index (χ1v) is 6.11. The molecule has 0 aliphatic carbocycles. The van der Waals surface area contributed by atoms with E-state index >= 15 is 0 Å². The lowest BCUT2D eigenvalue weighted by Crippen LogP contribution is -2.39. The summed E-state index contributed by atoms with van der Waals surface area (Å²) >= 11 is 0. The highest BCUT2D eigenvalue weighted by Crippen LogP contribution is 2.29. The number of hydrogen-bond acceptors (Lipinski definition) is 5. The largest absolute Gasteiger partial charge is 0.369 e. The Morgan fingerprint density at radius 1 is 1.53 bits per heavy atom. The van der Waals surface area contributed by atoms with Gasteiger partial charge in [0.05, 0.1) is 17.3 Å². The molecule has 0 aromatic carbocycles. The van der Waals surface area contributed by atoms with Crippen LogP contribution in [-0.2, 0) is 22.7 Å². The Kier molecular flexibility index (Phi) is 3.52. The molecule has 1 aromatic rings. The van der Waals surface area contributed by atoms with E-state index in [-0.39, 0.29) is 24.9 Å². The summed E-state index contributed by atoms with van der Waals surface area (Å²) in [6.45, 7) is 3.07. The van der Waals surface area contributed by atoms with Gasteiger partial charge in [-0.1, -0.05) is 5.21 Å². The van der Waals surface area contributed by atoms with E-state index in [1.165, 1.54) is 4.68 Å². The van der Waals surface area contributed by atoms with Crippen molar-refractivity contribution in [1.29, 1.82) is 0 Å². The Labute approximate surface area is 110 Å². The van der Waals surface area contributed by atoms with Crippen LogP contribution in [0.5, 0.6) is 0 Å². The van der Waals surface area contributed by atoms with Crippen LogP contribution in [0, 0.1) is 5.41 Å². The van der Waals surface area contributed by atoms with Crippen molar-refractivity contribution >= 4 is 11.8 Å². The average molecular weight is 266 g/mol. The molecular weight excluding hydrogens is 248 g/mol. The first-order chi connectivity index (χ1) is 8.94. The van der Waals surface area contributed by atoms with Crippen molar-refractivity contribution in [2.24, 2.45) is 16.9 Å². The molecule has 19 heavy (non-hydrogen) atoms. The lowest BCUT2D eigenvalue weighted by Gasteiger charge is -2.20. The van der Waals surface area contributed by atoms with E-state index in [4.69, 9.17) is 11.5 Å². The van der Waals surface area contributed by atoms with Gasteiger partial charge in [-0.25, -0.2) is 4.68 Å². The molecule has 8 nitrogen and oxygen atoms in total. The van der Waals surface area contributed by atoms with Crippen molar-refractivity contribution in [2.75, 3.05) is 13.1 Å². The zero-order valence-corrected chi connectivity index (χ0v) is 10.9. The first kappa shape index (κ1) is 13.5. The van der Waals surface area contributed by atoms with E-state index in [1.807, 2.05) is 0 Å². The van der Waals surface area contributed by atoms with Gasteiger partial charge in [-0.2, -0.15) is 0 Å². The third kappa shape index (κ3) is 2.73. The number of carbonyl (C=O) groups is 2. The SMILES string of the molecule is CC1(C(N)=O)CCN(C(=O)Cn2cc(CN)nn2)C1. The van der Waals surface area contributed by atoms with Gasteiger partial charge in [0.25, 0.3) is 0 Å². The number of carbonyl (C=O) groups excluding carboxylic acids is 2. The van der Waals surface area contributed by atoms with Crippen LogP contribution in [0.25, 0.3) is 0 Å². The van der Waals surface area contributed by atoms with Gasteiger partial charge in [0, 0.05) is 19.6 Å². The molecule has 1 unspecified atom stereocenters. The molecule has 4 N–H and O–H groups in total. The van der Waals surface area contributed by atoms with Crippen molar-refractivity contribution in [3.63, 3.8) is 0 Å². The summed E-state index contributed by atoms with van der Waals surface area (Å²) < 4.78 is 1.45. The van der Waals surface area contributed by atoms with Crippen LogP contribution in [0.2, 0.25) is 0 Å². The van der Waals surface area contributed by atoms with Gasteiger partial charge in [0.15, 0.2) is 0 Å². The predicted molar refractivity (Wildman–Crippen MR) is 66.4 cm³/mol. The molecule has 0 bridgehead atoms. The Morgan fingerprint density at radius 3 is 2.79 bits per heavy atom. The van der Waals surface area contributed by atoms with E-state index in [2.05, 4.69) is 10.3 Å². The fourth-order valence-corrected chi connectivity index (χ4v) is 2.12. The second-order valence-corrected chi connectivity index (χ2v) is 5.10. The minimum absolute atomic E-state index is 0.0987. The van der Waals surface area contributed by atoms with Crippen LogP contribution in [0.1, 0.15) is 19.0 Å². The molecular formula is C11H18N6O2. The number of aromatic nitrogens is 3. The van der Waals surface area contributed by atoms with Crippen molar-refractivity contribution in [2.45, 2.75) is 26.4 Å². The maximum atomic E-state index is 12.1. The lowest BCUT2D eigenvalue weighted by molar-refractivity contribution is -0.132. The quantitative estimate of drug-likeness (QED) is 0.684. The van der Waals surface area contributed by atoms with Gasteiger partial charge >= 0.3 is 0 Å². The highest BCUT2D eigenvalue weighted by atomic mass is 16.2. The maximum Gasteiger partial charge on any atom is 0.244 e. The first-order valence-electron chi connectivity index (χ1n) is 6.11. The molecule has 2 heterocycles. The molecule has 0 spiro atoms. The van der Waals surface area contributed by atoms with E-state index in [0.717, 1.165) is 0 Å². The molecule has 1 fully saturated rings. The highest BCUT2D eigenvalue weighted by Gasteiger charge is 2.40. The van der Waals surface area contributed by atoms with Gasteiger partial charge in [-0.15, -0.1) is 5.10 Å². The van der Waals surface area contributed by atoms with Gasteiger partial charge in [0.1, 0.15) is 6.54 Å². The van der Waals surface area contributed by atoms with Crippen LogP contribution in [-0.4, -0.2) is 44.8 Å². The highest BCUT2D eigenvalue weighted by molar-refractivity contribution is 5.83. The van der Waals surface area contributed by atoms with E-state index < -0.39 is 5.41 Å². The smallest absolute Gasteiger partial charge is 0.244 e. The molecule has 0 radical (unpaired) electrons. The monoisotopic (exact) mass is 266 g/mol. The van der Waals surface area contributed by atoms with Crippen LogP contribution in [0.15, 0.2) is 6.20 Å². The van der Waals surface area contributed by atoms with E-state index in [1.54, 1.807) is 18.0 Å². The molecule has 1 saturated heterocycles. The summed E-state index contributed by atoms with van der Waals surface area (Å²) in [5.74, 6) is -0.465. The standard InChI is InChI=1S/C11H18N6O2/c1-11(10(13)19)2-3-16(7-11)9(18)6-17-5-8(4-12)14-15-17/h5H,2-4,6-7,12H2,1H3,(H2,13,19). The minimum Gasteiger partial charge on any atom is -0.369 e. The molecule has 1 atom stereocenters. The zero-order chi connectivity index (χ0) is 14.0. The second-order valence-electron chi connectivity index (χ2n) is 5.10. The molecule has 8 heteroatoms. The van der Waals surface area contributed by atoms with E-state index in [0.29, 0.717) is 25.2 Å². The van der Waals surface area contributed by atoms with Crippen LogP contribution >= 0.6 is 0 Å².